The number of piperazine rings is 4. The molecule has 0 bridgehead atoms. The number of benzene rings is 6. The second-order valence-electron chi connectivity index (χ2n) is 25.1. The first kappa shape index (κ1) is 62.9. The Hall–Kier alpha value is -7.24. The second-order valence-corrected chi connectivity index (χ2v) is 27.8. The summed E-state index contributed by atoms with van der Waals surface area (Å²) in [5.74, 6) is 1.59. The van der Waals surface area contributed by atoms with Gasteiger partial charge in [-0.2, -0.15) is 0 Å². The van der Waals surface area contributed by atoms with Gasteiger partial charge in [-0.25, -0.2) is 0 Å². The molecule has 0 radical (unpaired) electrons. The average Bonchev–Trinajstić information content (AvgIpc) is 0.820. The molecular formula is C74H86N8O6S2. The number of hydrogen-bond donors (Lipinski definition) is 0. The number of nitrogens with zero attached hydrogens (tertiary/aromatic N) is 8. The monoisotopic (exact) mass is 1250 g/mol. The number of carbonyl (C=O) groups is 6. The van der Waals surface area contributed by atoms with Gasteiger partial charge in [-0.3, -0.25) is 38.6 Å². The van der Waals surface area contributed by atoms with Gasteiger partial charge in [0.2, 0.25) is 0 Å². The molecule has 14 nitrogen and oxygen atoms in total. The molecule has 4 heterocycles. The maximum Gasteiger partial charge on any atom is 0.253 e. The Bertz CT molecular complexity index is 3280. The van der Waals surface area contributed by atoms with Crippen molar-refractivity contribution in [2.75, 3.05) is 149 Å². The fourth-order valence-electron chi connectivity index (χ4n) is 13.9. The number of hydrogen-bond acceptors (Lipinski definition) is 14. The molecule has 0 N–H and O–H groups in total. The van der Waals surface area contributed by atoms with Gasteiger partial charge in [0, 0.05) is 195 Å². The van der Waals surface area contributed by atoms with Crippen molar-refractivity contribution in [3.8, 4) is 0 Å². The first-order valence-corrected chi connectivity index (χ1v) is 35.8. The molecule has 0 spiro atoms. The number of fused-ring (bicyclic) bond motifs is 4. The Kier molecular flexibility index (Phi) is 21.2. The van der Waals surface area contributed by atoms with Crippen molar-refractivity contribution in [3.63, 3.8) is 0 Å². The fraction of sp³-hybridized carbons (Fsp3) is 0.432. The third-order valence-electron chi connectivity index (χ3n) is 19.4. The van der Waals surface area contributed by atoms with E-state index in [-0.39, 0.29) is 34.9 Å². The lowest BCUT2D eigenvalue weighted by atomic mass is 9.83. The first-order valence-electron chi connectivity index (χ1n) is 33.3. The number of carbonyl (C=O) groups excluding carboxylic acids is 6. The van der Waals surface area contributed by atoms with Gasteiger partial charge in [0.25, 0.3) is 11.8 Å². The normalized spacial score (nSPS) is 17.2. The summed E-state index contributed by atoms with van der Waals surface area (Å²) in [6.07, 6.45) is 16.0. The summed E-state index contributed by atoms with van der Waals surface area (Å²) in [4.78, 5) is 98.6. The van der Waals surface area contributed by atoms with Crippen molar-refractivity contribution in [1.29, 1.82) is 0 Å². The van der Waals surface area contributed by atoms with E-state index >= 15 is 0 Å². The van der Waals surface area contributed by atoms with Crippen LogP contribution < -0.4 is 19.6 Å². The number of ketones is 4. The lowest BCUT2D eigenvalue weighted by Gasteiger charge is -2.37. The van der Waals surface area contributed by atoms with Gasteiger partial charge < -0.3 is 29.4 Å². The van der Waals surface area contributed by atoms with Gasteiger partial charge in [0.05, 0.1) is 0 Å². The highest BCUT2D eigenvalue weighted by atomic mass is 33.1. The van der Waals surface area contributed by atoms with E-state index < -0.39 is 0 Å². The molecule has 2 amide bonds. The molecular weight excluding hydrogens is 1160 g/mol. The predicted octanol–water partition coefficient (Wildman–Crippen LogP) is 12.2. The zero-order chi connectivity index (χ0) is 61.8. The minimum absolute atomic E-state index is 0.106. The second kappa shape index (κ2) is 30.3. The van der Waals surface area contributed by atoms with E-state index in [4.69, 9.17) is 0 Å². The Morgan fingerprint density at radius 2 is 0.556 bits per heavy atom. The Labute approximate surface area is 539 Å². The van der Waals surface area contributed by atoms with E-state index in [1.807, 2.05) is 9.80 Å². The third-order valence-corrected chi connectivity index (χ3v) is 21.9. The van der Waals surface area contributed by atoms with Gasteiger partial charge in [0.15, 0.2) is 23.1 Å². The Morgan fingerprint density at radius 1 is 0.289 bits per heavy atom. The highest BCUT2D eigenvalue weighted by Gasteiger charge is 2.34. The molecule has 4 saturated heterocycles. The van der Waals surface area contributed by atoms with E-state index in [2.05, 4.69) is 99.5 Å². The van der Waals surface area contributed by atoms with Crippen molar-refractivity contribution in [2.24, 2.45) is 0 Å². The highest BCUT2D eigenvalue weighted by Crippen LogP contribution is 2.32. The van der Waals surface area contributed by atoms with Gasteiger partial charge in [-0.1, -0.05) is 121 Å². The molecule has 16 heteroatoms. The molecule has 6 aromatic carbocycles. The van der Waals surface area contributed by atoms with Crippen molar-refractivity contribution in [3.05, 3.63) is 189 Å². The molecule has 0 atom stereocenters. The number of rotatable bonds is 25. The molecule has 6 aliphatic rings. The molecule has 4 aliphatic heterocycles. The van der Waals surface area contributed by atoms with Crippen LogP contribution in [0, 0.1) is 0 Å². The standard InChI is InChI=1S/C74H86N8O6S2/c83-69-61-17-9-11-19-63(61)71(85)67-53-55(21-31-65(67)69)73(87)81-47-43-79(44-48-81)59-27-23-57(24-28-59)77-39-35-75(36-40-77)33-13-5-1-3-7-15-51-89-90-52-16-8-4-2-6-14-34-76-37-41-78(42-38-76)58-25-29-60(30-26-58)80-45-49-82(50-46-80)74(88)56-22-32-66-68(54-56)72(86)64-20-12-10-18-62(64)70(66)84/h9-12,17-32,53-54H,1-8,13-16,33-52H2. The zero-order valence-corrected chi connectivity index (χ0v) is 53.8. The van der Waals surface area contributed by atoms with E-state index in [1.54, 1.807) is 84.9 Å². The maximum absolute atomic E-state index is 13.6. The van der Waals surface area contributed by atoms with Crippen molar-refractivity contribution < 1.29 is 28.8 Å². The number of unbranched alkanes of at least 4 members (excludes halogenated alkanes) is 10. The van der Waals surface area contributed by atoms with Gasteiger partial charge in [0.1, 0.15) is 0 Å². The van der Waals surface area contributed by atoms with E-state index in [1.165, 1.54) is 124 Å². The number of amides is 2. The van der Waals surface area contributed by atoms with Gasteiger partial charge >= 0.3 is 0 Å². The summed E-state index contributed by atoms with van der Waals surface area (Å²) in [5.41, 5.74) is 8.77. The molecule has 90 heavy (non-hydrogen) atoms. The quantitative estimate of drug-likeness (QED) is 0.0398. The van der Waals surface area contributed by atoms with E-state index in [0.717, 1.165) is 78.5 Å². The fourth-order valence-corrected chi connectivity index (χ4v) is 16.2. The van der Waals surface area contributed by atoms with Crippen LogP contribution in [0.5, 0.6) is 0 Å². The van der Waals surface area contributed by atoms with E-state index in [9.17, 15) is 28.8 Å². The smallest absolute Gasteiger partial charge is 0.253 e. The average molecular weight is 1250 g/mol. The summed E-state index contributed by atoms with van der Waals surface area (Å²) in [6, 6.07) is 41.5. The molecule has 0 unspecified atom stereocenters. The molecule has 0 saturated carbocycles. The molecule has 12 rings (SSSR count). The Balaban J connectivity index is 0.432. The summed E-state index contributed by atoms with van der Waals surface area (Å²) in [5, 5.41) is 0. The first-order chi connectivity index (χ1) is 44.1. The number of anilines is 4. The van der Waals surface area contributed by atoms with Gasteiger partial charge in [-0.05, 0) is 124 Å². The minimum Gasteiger partial charge on any atom is -0.369 e. The molecule has 0 aromatic heterocycles. The summed E-state index contributed by atoms with van der Waals surface area (Å²) in [6.45, 7) is 16.4. The minimum atomic E-state index is -0.207. The van der Waals surface area contributed by atoms with Crippen LogP contribution in [0.15, 0.2) is 133 Å². The van der Waals surface area contributed by atoms with Crippen LogP contribution in [0.3, 0.4) is 0 Å². The van der Waals surface area contributed by atoms with Gasteiger partial charge in [-0.15, -0.1) is 0 Å². The van der Waals surface area contributed by atoms with Crippen LogP contribution in [-0.4, -0.2) is 184 Å². The summed E-state index contributed by atoms with van der Waals surface area (Å²) in [7, 11) is 4.17. The van der Waals surface area contributed by atoms with Crippen LogP contribution in [-0.2, 0) is 0 Å². The highest BCUT2D eigenvalue weighted by molar-refractivity contribution is 8.76. The van der Waals surface area contributed by atoms with Crippen LogP contribution in [0.25, 0.3) is 0 Å². The summed E-state index contributed by atoms with van der Waals surface area (Å²) < 4.78 is 0. The maximum atomic E-state index is 13.6. The van der Waals surface area contributed by atoms with Crippen LogP contribution in [0.4, 0.5) is 22.7 Å². The van der Waals surface area contributed by atoms with Crippen molar-refractivity contribution in [1.82, 2.24) is 19.6 Å². The van der Waals surface area contributed by atoms with Crippen molar-refractivity contribution >= 4 is 79.3 Å². The van der Waals surface area contributed by atoms with E-state index in [0.29, 0.717) is 81.8 Å². The topological polar surface area (TPSA) is 128 Å². The van der Waals surface area contributed by atoms with Crippen LogP contribution in [0.1, 0.15) is 161 Å². The third kappa shape index (κ3) is 14.9. The lowest BCUT2D eigenvalue weighted by Crippen LogP contribution is -2.49. The lowest BCUT2D eigenvalue weighted by molar-refractivity contribution is 0.0739. The zero-order valence-electron chi connectivity index (χ0n) is 52.2. The summed E-state index contributed by atoms with van der Waals surface area (Å²) >= 11 is 0. The van der Waals surface area contributed by atoms with Crippen LogP contribution >= 0.6 is 21.6 Å². The molecule has 2 aliphatic carbocycles. The van der Waals surface area contributed by atoms with Crippen molar-refractivity contribution in [2.45, 2.75) is 77.0 Å². The Morgan fingerprint density at radius 3 is 0.878 bits per heavy atom. The predicted molar refractivity (Wildman–Crippen MR) is 366 cm³/mol. The molecule has 4 fully saturated rings. The SMILES string of the molecule is O=C1c2ccccc2C(=O)c2cc(C(=O)N3CCN(c4ccc(N5CCN(CCCCCCCCSSCCCCCCCCN6CCN(c7ccc(N8CCN(C(=O)c9ccc%10c(c9)C(=O)c9ccccc9C%10=O)CC8)cc7)CC6)CC5)cc4)CC3)ccc21. The molecule has 6 aromatic rings. The molecule has 470 valence electrons. The largest absolute Gasteiger partial charge is 0.369 e. The van der Waals surface area contributed by atoms with Crippen LogP contribution in [0.2, 0.25) is 0 Å².